The lowest BCUT2D eigenvalue weighted by molar-refractivity contribution is 1.15. The van der Waals surface area contributed by atoms with Gasteiger partial charge in [0.05, 0.1) is 26.8 Å². The van der Waals surface area contributed by atoms with Crippen molar-refractivity contribution >= 4 is 39.2 Å². The third kappa shape index (κ3) is 2.93. The Morgan fingerprint density at radius 1 is 1.29 bits per heavy atom. The van der Waals surface area contributed by atoms with Crippen LogP contribution in [0.2, 0.25) is 5.02 Å². The fraction of sp³-hybridized carbons (Fsp3) is 0. The Morgan fingerprint density at radius 3 is 2.59 bits per heavy atom. The van der Waals surface area contributed by atoms with Crippen molar-refractivity contribution in [2.45, 2.75) is 0 Å². The third-order valence-electron chi connectivity index (χ3n) is 1.96. The van der Waals surface area contributed by atoms with Gasteiger partial charge in [-0.2, -0.15) is 5.26 Å². The van der Waals surface area contributed by atoms with Gasteiger partial charge in [-0.3, -0.25) is 0 Å². The van der Waals surface area contributed by atoms with E-state index in [4.69, 9.17) is 16.9 Å². The zero-order valence-corrected chi connectivity index (χ0v) is 10.8. The van der Waals surface area contributed by atoms with Gasteiger partial charge >= 0.3 is 0 Å². The van der Waals surface area contributed by atoms with Crippen LogP contribution in [0.1, 0.15) is 5.56 Å². The first-order valence-electron chi connectivity index (χ1n) is 4.63. The molecular formula is C11H6BrClN4. The van der Waals surface area contributed by atoms with Gasteiger partial charge in [-0.05, 0) is 34.1 Å². The van der Waals surface area contributed by atoms with Crippen LogP contribution in [0.25, 0.3) is 0 Å². The number of anilines is 2. The maximum atomic E-state index is 8.71. The van der Waals surface area contributed by atoms with E-state index in [1.165, 1.54) is 0 Å². The number of nitrogens with zero attached hydrogens (tertiary/aromatic N) is 3. The Labute approximate surface area is 111 Å². The molecule has 0 amide bonds. The first kappa shape index (κ1) is 11.8. The predicted octanol–water partition coefficient (Wildman–Crippen LogP) is 3.51. The van der Waals surface area contributed by atoms with Gasteiger partial charge in [0.15, 0.2) is 0 Å². The Hall–Kier alpha value is -1.64. The van der Waals surface area contributed by atoms with Gasteiger partial charge in [0.2, 0.25) is 5.95 Å². The molecule has 0 spiro atoms. The summed E-state index contributed by atoms with van der Waals surface area (Å²) in [7, 11) is 0. The molecule has 0 saturated carbocycles. The molecule has 0 aliphatic heterocycles. The van der Waals surface area contributed by atoms with Gasteiger partial charge in [-0.25, -0.2) is 9.97 Å². The molecule has 1 aromatic carbocycles. The van der Waals surface area contributed by atoms with Crippen LogP contribution < -0.4 is 5.32 Å². The Kier molecular flexibility index (Phi) is 3.57. The number of aromatic nitrogens is 2. The van der Waals surface area contributed by atoms with Crippen LogP contribution in [0.4, 0.5) is 11.6 Å². The highest BCUT2D eigenvalue weighted by atomic mass is 79.9. The Morgan fingerprint density at radius 2 is 2.00 bits per heavy atom. The van der Waals surface area contributed by atoms with Gasteiger partial charge in [0.25, 0.3) is 0 Å². The summed E-state index contributed by atoms with van der Waals surface area (Å²) in [5, 5.41) is 12.1. The van der Waals surface area contributed by atoms with E-state index in [-0.39, 0.29) is 0 Å². The summed E-state index contributed by atoms with van der Waals surface area (Å²) in [5.41, 5.74) is 1.17. The van der Waals surface area contributed by atoms with Crippen LogP contribution in [-0.4, -0.2) is 9.97 Å². The maximum Gasteiger partial charge on any atom is 0.227 e. The topological polar surface area (TPSA) is 61.6 Å². The molecule has 2 rings (SSSR count). The molecule has 0 atom stereocenters. The van der Waals surface area contributed by atoms with Gasteiger partial charge < -0.3 is 5.32 Å². The summed E-state index contributed by atoms with van der Waals surface area (Å²) in [6.45, 7) is 0. The Bertz CT molecular complexity index is 577. The molecule has 4 nitrogen and oxygen atoms in total. The zero-order chi connectivity index (χ0) is 12.3. The molecule has 0 radical (unpaired) electrons. The van der Waals surface area contributed by atoms with E-state index in [1.807, 2.05) is 6.07 Å². The fourth-order valence-electron chi connectivity index (χ4n) is 1.18. The molecule has 17 heavy (non-hydrogen) atoms. The van der Waals surface area contributed by atoms with E-state index >= 15 is 0 Å². The first-order valence-corrected chi connectivity index (χ1v) is 5.80. The van der Waals surface area contributed by atoms with Crippen molar-refractivity contribution in [3.05, 3.63) is 45.7 Å². The molecule has 1 heterocycles. The molecule has 0 bridgehead atoms. The highest BCUT2D eigenvalue weighted by molar-refractivity contribution is 9.10. The largest absolute Gasteiger partial charge is 0.323 e. The number of nitrogens with one attached hydrogen (secondary N) is 1. The zero-order valence-electron chi connectivity index (χ0n) is 8.48. The van der Waals surface area contributed by atoms with E-state index in [0.29, 0.717) is 22.2 Å². The second kappa shape index (κ2) is 5.13. The number of halogens is 2. The van der Waals surface area contributed by atoms with Crippen molar-refractivity contribution in [1.82, 2.24) is 9.97 Å². The Balaban J connectivity index is 2.25. The first-order chi connectivity index (χ1) is 8.19. The lowest BCUT2D eigenvalue weighted by atomic mass is 10.2. The number of hydrogen-bond acceptors (Lipinski definition) is 4. The lowest BCUT2D eigenvalue weighted by Gasteiger charge is -2.06. The smallest absolute Gasteiger partial charge is 0.227 e. The van der Waals surface area contributed by atoms with Crippen LogP contribution in [0, 0.1) is 11.3 Å². The van der Waals surface area contributed by atoms with Gasteiger partial charge in [-0.15, -0.1) is 0 Å². The minimum Gasteiger partial charge on any atom is -0.323 e. The van der Waals surface area contributed by atoms with E-state index in [2.05, 4.69) is 31.2 Å². The van der Waals surface area contributed by atoms with Gasteiger partial charge in [0.1, 0.15) is 0 Å². The second-order valence-corrected chi connectivity index (χ2v) is 4.48. The maximum absolute atomic E-state index is 8.71. The molecule has 2 aromatic rings. The van der Waals surface area contributed by atoms with Crippen molar-refractivity contribution in [3.63, 3.8) is 0 Å². The quantitative estimate of drug-likeness (QED) is 0.922. The molecule has 0 saturated heterocycles. The third-order valence-corrected chi connectivity index (χ3v) is 2.69. The molecule has 84 valence electrons. The van der Waals surface area contributed by atoms with Crippen LogP contribution in [0.5, 0.6) is 0 Å². The average molecular weight is 310 g/mol. The standard InChI is InChI=1S/C11H6BrClN4/c12-8-5-15-11(16-6-8)17-10-2-1-7(4-14)3-9(10)13/h1-3,5-6H,(H,15,16,17). The summed E-state index contributed by atoms with van der Waals surface area (Å²) in [4.78, 5) is 8.13. The number of rotatable bonds is 2. The van der Waals surface area contributed by atoms with Crippen LogP contribution >= 0.6 is 27.5 Å². The SMILES string of the molecule is N#Cc1ccc(Nc2ncc(Br)cn2)c(Cl)c1. The average Bonchev–Trinajstić information content (AvgIpc) is 2.34. The van der Waals surface area contributed by atoms with Crippen molar-refractivity contribution in [3.8, 4) is 6.07 Å². The van der Waals surface area contributed by atoms with Crippen molar-refractivity contribution in [1.29, 1.82) is 5.26 Å². The van der Waals surface area contributed by atoms with E-state index in [1.54, 1.807) is 30.6 Å². The normalized spacial score (nSPS) is 9.71. The number of hydrogen-bond donors (Lipinski definition) is 1. The van der Waals surface area contributed by atoms with Gasteiger partial charge in [0, 0.05) is 12.4 Å². The molecule has 0 aliphatic carbocycles. The lowest BCUT2D eigenvalue weighted by Crippen LogP contribution is -1.96. The van der Waals surface area contributed by atoms with E-state index < -0.39 is 0 Å². The predicted molar refractivity (Wildman–Crippen MR) is 69.2 cm³/mol. The molecular weight excluding hydrogens is 304 g/mol. The fourth-order valence-corrected chi connectivity index (χ4v) is 1.62. The van der Waals surface area contributed by atoms with Crippen molar-refractivity contribution < 1.29 is 0 Å². The van der Waals surface area contributed by atoms with Crippen LogP contribution in [0.3, 0.4) is 0 Å². The summed E-state index contributed by atoms with van der Waals surface area (Å²) >= 11 is 9.26. The molecule has 0 aliphatic rings. The van der Waals surface area contributed by atoms with E-state index in [0.717, 1.165) is 4.47 Å². The molecule has 0 unspecified atom stereocenters. The van der Waals surface area contributed by atoms with E-state index in [9.17, 15) is 0 Å². The highest BCUT2D eigenvalue weighted by Crippen LogP contribution is 2.25. The summed E-state index contributed by atoms with van der Waals surface area (Å²) in [5.74, 6) is 0.444. The molecule has 0 fully saturated rings. The molecule has 6 heteroatoms. The minimum atomic E-state index is 0.444. The summed E-state index contributed by atoms with van der Waals surface area (Å²) in [6, 6.07) is 6.99. The summed E-state index contributed by atoms with van der Waals surface area (Å²) in [6.07, 6.45) is 3.26. The van der Waals surface area contributed by atoms with Gasteiger partial charge in [-0.1, -0.05) is 11.6 Å². The minimum absolute atomic E-state index is 0.444. The monoisotopic (exact) mass is 308 g/mol. The summed E-state index contributed by atoms with van der Waals surface area (Å²) < 4.78 is 0.800. The molecule has 1 aromatic heterocycles. The van der Waals surface area contributed by atoms with Crippen molar-refractivity contribution in [2.75, 3.05) is 5.32 Å². The molecule has 1 N–H and O–H groups in total. The number of benzene rings is 1. The number of nitriles is 1. The van der Waals surface area contributed by atoms with Crippen LogP contribution in [-0.2, 0) is 0 Å². The van der Waals surface area contributed by atoms with Crippen molar-refractivity contribution in [2.24, 2.45) is 0 Å². The second-order valence-electron chi connectivity index (χ2n) is 3.16. The van der Waals surface area contributed by atoms with Crippen LogP contribution in [0.15, 0.2) is 35.1 Å². The highest BCUT2D eigenvalue weighted by Gasteiger charge is 2.03.